The number of thiazole rings is 1. The molecule has 0 unspecified atom stereocenters. The number of carbonyl (C=O) groups excluding carboxylic acids is 1. The quantitative estimate of drug-likeness (QED) is 0.852. The molecule has 0 aromatic carbocycles. The third-order valence-corrected chi connectivity index (χ3v) is 4.93. The fourth-order valence-corrected chi connectivity index (χ4v) is 3.31. The summed E-state index contributed by atoms with van der Waals surface area (Å²) < 4.78 is 1.95. The van der Waals surface area contributed by atoms with Gasteiger partial charge in [0.1, 0.15) is 0 Å². The van der Waals surface area contributed by atoms with Gasteiger partial charge in [-0.05, 0) is 34.1 Å². The van der Waals surface area contributed by atoms with Crippen LogP contribution in [0.4, 0.5) is 4.79 Å². The number of urea groups is 1. The SMILES string of the molecule is CCc1nc([C@H](C)NC(=O)NCc2c(C)nn(CC)c2C)cs1. The van der Waals surface area contributed by atoms with Gasteiger partial charge in [-0.2, -0.15) is 5.10 Å². The van der Waals surface area contributed by atoms with E-state index in [-0.39, 0.29) is 12.1 Å². The van der Waals surface area contributed by atoms with Crippen LogP contribution in [0.2, 0.25) is 0 Å². The summed E-state index contributed by atoms with van der Waals surface area (Å²) in [5.74, 6) is 0. The topological polar surface area (TPSA) is 71.8 Å². The van der Waals surface area contributed by atoms with E-state index in [4.69, 9.17) is 0 Å². The normalized spacial score (nSPS) is 12.2. The van der Waals surface area contributed by atoms with Gasteiger partial charge in [0.05, 0.1) is 22.4 Å². The minimum Gasteiger partial charge on any atom is -0.334 e. The van der Waals surface area contributed by atoms with Gasteiger partial charge >= 0.3 is 6.03 Å². The van der Waals surface area contributed by atoms with E-state index >= 15 is 0 Å². The Kier molecular flexibility index (Phi) is 5.76. The third kappa shape index (κ3) is 4.10. The molecule has 6 nitrogen and oxygen atoms in total. The van der Waals surface area contributed by atoms with Crippen molar-refractivity contribution in [3.05, 3.63) is 33.0 Å². The number of hydrogen-bond donors (Lipinski definition) is 2. The van der Waals surface area contributed by atoms with E-state index < -0.39 is 0 Å². The summed E-state index contributed by atoms with van der Waals surface area (Å²) in [5.41, 5.74) is 4.06. The van der Waals surface area contributed by atoms with Crippen LogP contribution in [0.15, 0.2) is 5.38 Å². The van der Waals surface area contributed by atoms with E-state index in [0.717, 1.165) is 40.6 Å². The molecule has 23 heavy (non-hydrogen) atoms. The van der Waals surface area contributed by atoms with Gasteiger partial charge in [0, 0.05) is 29.7 Å². The van der Waals surface area contributed by atoms with Gasteiger partial charge in [-0.25, -0.2) is 9.78 Å². The lowest BCUT2D eigenvalue weighted by Gasteiger charge is -2.13. The summed E-state index contributed by atoms with van der Waals surface area (Å²) in [5, 5.41) is 13.4. The molecule has 0 saturated heterocycles. The number of aryl methyl sites for hydroxylation is 3. The summed E-state index contributed by atoms with van der Waals surface area (Å²) >= 11 is 1.63. The van der Waals surface area contributed by atoms with Crippen LogP contribution < -0.4 is 10.6 Å². The highest BCUT2D eigenvalue weighted by molar-refractivity contribution is 7.09. The molecule has 0 radical (unpaired) electrons. The van der Waals surface area contributed by atoms with Crippen molar-refractivity contribution in [3.8, 4) is 0 Å². The maximum atomic E-state index is 12.1. The monoisotopic (exact) mass is 335 g/mol. The van der Waals surface area contributed by atoms with Crippen molar-refractivity contribution in [2.75, 3.05) is 0 Å². The molecule has 1 atom stereocenters. The van der Waals surface area contributed by atoms with Crippen LogP contribution in [-0.2, 0) is 19.5 Å². The van der Waals surface area contributed by atoms with E-state index in [2.05, 4.69) is 34.6 Å². The van der Waals surface area contributed by atoms with E-state index in [1.807, 2.05) is 30.8 Å². The van der Waals surface area contributed by atoms with Crippen LogP contribution in [0, 0.1) is 13.8 Å². The highest BCUT2D eigenvalue weighted by Crippen LogP contribution is 2.17. The predicted octanol–water partition coefficient (Wildman–Crippen LogP) is 3.10. The Morgan fingerprint density at radius 2 is 2.13 bits per heavy atom. The highest BCUT2D eigenvalue weighted by atomic mass is 32.1. The van der Waals surface area contributed by atoms with Crippen LogP contribution in [0.5, 0.6) is 0 Å². The van der Waals surface area contributed by atoms with Crippen molar-refractivity contribution in [1.82, 2.24) is 25.4 Å². The fourth-order valence-electron chi connectivity index (χ4n) is 2.47. The first-order valence-corrected chi connectivity index (χ1v) is 8.85. The van der Waals surface area contributed by atoms with Gasteiger partial charge in [-0.15, -0.1) is 11.3 Å². The van der Waals surface area contributed by atoms with E-state index in [0.29, 0.717) is 6.54 Å². The smallest absolute Gasteiger partial charge is 0.315 e. The fraction of sp³-hybridized carbons (Fsp3) is 0.562. The van der Waals surface area contributed by atoms with Crippen molar-refractivity contribution >= 4 is 17.4 Å². The van der Waals surface area contributed by atoms with Gasteiger partial charge < -0.3 is 10.6 Å². The van der Waals surface area contributed by atoms with Gasteiger partial charge in [-0.3, -0.25) is 4.68 Å². The molecule has 0 aliphatic heterocycles. The number of nitrogens with zero attached hydrogens (tertiary/aromatic N) is 3. The minimum absolute atomic E-state index is 0.105. The van der Waals surface area contributed by atoms with Crippen LogP contribution >= 0.6 is 11.3 Å². The molecular weight excluding hydrogens is 310 g/mol. The molecule has 7 heteroatoms. The number of amides is 2. The zero-order chi connectivity index (χ0) is 17.0. The molecule has 0 bridgehead atoms. The summed E-state index contributed by atoms with van der Waals surface area (Å²) in [6.07, 6.45) is 0.920. The number of hydrogen-bond acceptors (Lipinski definition) is 4. The Labute approximate surface area is 141 Å². The zero-order valence-corrected chi connectivity index (χ0v) is 15.3. The molecule has 2 aromatic rings. The lowest BCUT2D eigenvalue weighted by molar-refractivity contribution is 0.237. The Balaban J connectivity index is 1.91. The molecule has 0 saturated carbocycles. The van der Waals surface area contributed by atoms with Crippen LogP contribution in [0.25, 0.3) is 0 Å². The molecular formula is C16H25N5OS. The maximum absolute atomic E-state index is 12.1. The maximum Gasteiger partial charge on any atom is 0.315 e. The first kappa shape index (κ1) is 17.5. The Hall–Kier alpha value is -1.89. The molecule has 2 rings (SSSR count). The minimum atomic E-state index is -0.188. The molecule has 0 aliphatic carbocycles. The standard InChI is InChI=1S/C16H25N5OS/c1-6-15-19-14(9-23-15)11(4)18-16(22)17-8-13-10(3)20-21(7-2)12(13)5/h9,11H,6-8H2,1-5H3,(H2,17,18,22)/t11-/m0/s1. The highest BCUT2D eigenvalue weighted by Gasteiger charge is 2.14. The average Bonchev–Trinajstić information content (AvgIpc) is 3.10. The number of rotatable bonds is 6. The van der Waals surface area contributed by atoms with Crippen LogP contribution in [0.1, 0.15) is 54.5 Å². The first-order chi connectivity index (χ1) is 11.0. The second-order valence-electron chi connectivity index (χ2n) is 5.53. The van der Waals surface area contributed by atoms with E-state index in [9.17, 15) is 4.79 Å². The van der Waals surface area contributed by atoms with E-state index in [1.54, 1.807) is 11.3 Å². The van der Waals surface area contributed by atoms with Crippen LogP contribution in [0.3, 0.4) is 0 Å². The van der Waals surface area contributed by atoms with Crippen molar-refractivity contribution in [2.45, 2.75) is 60.2 Å². The van der Waals surface area contributed by atoms with Crippen LogP contribution in [-0.4, -0.2) is 20.8 Å². The predicted molar refractivity (Wildman–Crippen MR) is 92.7 cm³/mol. The lowest BCUT2D eigenvalue weighted by atomic mass is 10.2. The van der Waals surface area contributed by atoms with Crippen molar-refractivity contribution in [1.29, 1.82) is 0 Å². The van der Waals surface area contributed by atoms with Gasteiger partial charge in [0.15, 0.2) is 0 Å². The summed E-state index contributed by atoms with van der Waals surface area (Å²) in [4.78, 5) is 16.6. The molecule has 2 amide bonds. The summed E-state index contributed by atoms with van der Waals surface area (Å²) in [6, 6.07) is -0.293. The number of aromatic nitrogens is 3. The second kappa shape index (κ2) is 7.59. The van der Waals surface area contributed by atoms with Crippen molar-refractivity contribution < 1.29 is 4.79 Å². The third-order valence-electron chi connectivity index (χ3n) is 3.92. The molecule has 0 fully saturated rings. The Morgan fingerprint density at radius 3 is 2.70 bits per heavy atom. The van der Waals surface area contributed by atoms with Crippen molar-refractivity contribution in [3.63, 3.8) is 0 Å². The first-order valence-electron chi connectivity index (χ1n) is 7.97. The Bertz CT molecular complexity index is 676. The molecule has 0 aliphatic rings. The largest absolute Gasteiger partial charge is 0.334 e. The molecule has 126 valence electrons. The van der Waals surface area contributed by atoms with Gasteiger partial charge in [0.2, 0.25) is 0 Å². The lowest BCUT2D eigenvalue weighted by Crippen LogP contribution is -2.37. The number of nitrogens with one attached hydrogen (secondary N) is 2. The Morgan fingerprint density at radius 1 is 1.39 bits per heavy atom. The van der Waals surface area contributed by atoms with Crippen molar-refractivity contribution in [2.24, 2.45) is 0 Å². The number of carbonyl (C=O) groups is 1. The van der Waals surface area contributed by atoms with E-state index in [1.165, 1.54) is 0 Å². The van der Waals surface area contributed by atoms with Gasteiger partial charge in [0.25, 0.3) is 0 Å². The average molecular weight is 335 g/mol. The molecule has 0 spiro atoms. The molecule has 2 heterocycles. The second-order valence-corrected chi connectivity index (χ2v) is 6.48. The zero-order valence-electron chi connectivity index (χ0n) is 14.4. The van der Waals surface area contributed by atoms with Gasteiger partial charge in [-0.1, -0.05) is 6.92 Å². The molecule has 2 aromatic heterocycles. The summed E-state index contributed by atoms with van der Waals surface area (Å²) in [7, 11) is 0. The molecule has 2 N–H and O–H groups in total. The summed E-state index contributed by atoms with van der Waals surface area (Å²) in [6.45, 7) is 11.4.